The van der Waals surface area contributed by atoms with Gasteiger partial charge in [0.05, 0.1) is 5.75 Å². The van der Waals surface area contributed by atoms with E-state index in [1.165, 1.54) is 6.07 Å². The summed E-state index contributed by atoms with van der Waals surface area (Å²) in [4.78, 5) is 11.9. The minimum atomic E-state index is -3.14. The molecule has 1 N–H and O–H groups in total. The molecule has 0 saturated carbocycles. The number of rotatable bonds is 5. The first-order chi connectivity index (χ1) is 10.7. The molecule has 0 heterocycles. The Bertz CT molecular complexity index is 835. The summed E-state index contributed by atoms with van der Waals surface area (Å²) in [6.07, 6.45) is 1.14. The van der Waals surface area contributed by atoms with Crippen LogP contribution in [0.5, 0.6) is 0 Å². The first kappa shape index (κ1) is 17.1. The monoisotopic (exact) mass is 339 g/mol. The molecular weight excluding hydrogens is 324 g/mol. The van der Waals surface area contributed by atoms with Crippen molar-refractivity contribution in [1.82, 2.24) is 5.32 Å². The highest BCUT2D eigenvalue weighted by Crippen LogP contribution is 2.11. The molecule has 0 spiro atoms. The molecule has 2 rings (SSSR count). The van der Waals surface area contributed by atoms with Crippen LogP contribution in [0.1, 0.15) is 21.5 Å². The zero-order chi connectivity index (χ0) is 17.0. The van der Waals surface area contributed by atoms with Gasteiger partial charge < -0.3 is 5.32 Å². The number of nitrogens with one attached hydrogen (secondary N) is 1. The maximum absolute atomic E-state index is 13.1. The minimum absolute atomic E-state index is 0.0104. The molecule has 0 bridgehead atoms. The molecule has 0 aliphatic carbocycles. The third kappa shape index (κ3) is 5.14. The van der Waals surface area contributed by atoms with Crippen LogP contribution in [0.15, 0.2) is 42.5 Å². The van der Waals surface area contributed by atoms with Crippen molar-refractivity contribution in [1.29, 1.82) is 0 Å². The van der Waals surface area contributed by atoms with Gasteiger partial charge in [-0.1, -0.05) is 24.3 Å². The van der Waals surface area contributed by atoms with Crippen LogP contribution in [0.3, 0.4) is 0 Å². The molecular formula is C16H15F2NO3S. The van der Waals surface area contributed by atoms with Crippen LogP contribution in [0.2, 0.25) is 0 Å². The van der Waals surface area contributed by atoms with Crippen molar-refractivity contribution in [3.8, 4) is 0 Å². The number of hydrogen-bond acceptors (Lipinski definition) is 3. The fraction of sp³-hybridized carbons (Fsp3) is 0.188. The van der Waals surface area contributed by atoms with Crippen LogP contribution in [-0.4, -0.2) is 20.6 Å². The molecule has 0 aliphatic heterocycles. The number of carbonyl (C=O) groups is 1. The van der Waals surface area contributed by atoms with Crippen LogP contribution in [0, 0.1) is 11.6 Å². The fourth-order valence-electron chi connectivity index (χ4n) is 2.05. The van der Waals surface area contributed by atoms with Crippen LogP contribution in [0.4, 0.5) is 8.78 Å². The normalized spacial score (nSPS) is 11.3. The van der Waals surface area contributed by atoms with Gasteiger partial charge >= 0.3 is 0 Å². The van der Waals surface area contributed by atoms with Crippen molar-refractivity contribution >= 4 is 15.7 Å². The van der Waals surface area contributed by atoms with Crippen molar-refractivity contribution in [3.05, 3.63) is 70.8 Å². The summed E-state index contributed by atoms with van der Waals surface area (Å²) < 4.78 is 48.5. The Morgan fingerprint density at radius 2 is 1.74 bits per heavy atom. The van der Waals surface area contributed by atoms with Crippen molar-refractivity contribution in [2.75, 3.05) is 6.26 Å². The lowest BCUT2D eigenvalue weighted by Gasteiger charge is -2.07. The average Bonchev–Trinajstić information content (AvgIpc) is 2.46. The van der Waals surface area contributed by atoms with Gasteiger partial charge in [0.15, 0.2) is 21.5 Å². The van der Waals surface area contributed by atoms with Crippen LogP contribution in [-0.2, 0) is 22.1 Å². The predicted molar refractivity (Wildman–Crippen MR) is 82.5 cm³/mol. The molecule has 1 amide bonds. The molecule has 7 heteroatoms. The van der Waals surface area contributed by atoms with E-state index in [2.05, 4.69) is 5.32 Å². The first-order valence-electron chi connectivity index (χ1n) is 6.73. The molecule has 0 fully saturated rings. The van der Waals surface area contributed by atoms with E-state index in [-0.39, 0.29) is 17.9 Å². The first-order valence-corrected chi connectivity index (χ1v) is 8.79. The molecule has 2 aromatic rings. The van der Waals surface area contributed by atoms with Crippen molar-refractivity contribution < 1.29 is 22.0 Å². The van der Waals surface area contributed by atoms with Crippen LogP contribution < -0.4 is 5.32 Å². The largest absolute Gasteiger partial charge is 0.348 e. The topological polar surface area (TPSA) is 63.2 Å². The zero-order valence-corrected chi connectivity index (χ0v) is 13.2. The molecule has 0 saturated heterocycles. The number of halogens is 2. The van der Waals surface area contributed by atoms with Gasteiger partial charge in [-0.15, -0.1) is 0 Å². The molecule has 0 unspecified atom stereocenters. The second kappa shape index (κ2) is 6.87. The maximum Gasteiger partial charge on any atom is 0.251 e. The number of hydrogen-bond donors (Lipinski definition) is 1. The smallest absolute Gasteiger partial charge is 0.251 e. The van der Waals surface area contributed by atoms with E-state index < -0.39 is 27.4 Å². The molecule has 122 valence electrons. The molecule has 23 heavy (non-hydrogen) atoms. The van der Waals surface area contributed by atoms with Gasteiger partial charge in [-0.3, -0.25) is 4.79 Å². The van der Waals surface area contributed by atoms with Gasteiger partial charge in [-0.2, -0.15) is 0 Å². The molecule has 0 aliphatic rings. The summed E-state index contributed by atoms with van der Waals surface area (Å²) in [6.45, 7) is 0.148. The van der Waals surface area contributed by atoms with E-state index in [0.717, 1.165) is 18.4 Å². The van der Waals surface area contributed by atoms with Crippen LogP contribution >= 0.6 is 0 Å². The highest BCUT2D eigenvalue weighted by Gasteiger charge is 2.10. The molecule has 0 atom stereocenters. The number of sulfone groups is 1. The second-order valence-electron chi connectivity index (χ2n) is 5.20. The van der Waals surface area contributed by atoms with Gasteiger partial charge in [0.25, 0.3) is 5.91 Å². The molecule has 4 nitrogen and oxygen atoms in total. The van der Waals surface area contributed by atoms with Gasteiger partial charge in [0.2, 0.25) is 0 Å². The molecule has 0 radical (unpaired) electrons. The maximum atomic E-state index is 13.1. The zero-order valence-electron chi connectivity index (χ0n) is 12.3. The van der Waals surface area contributed by atoms with Gasteiger partial charge in [0.1, 0.15) is 0 Å². The lowest BCUT2D eigenvalue weighted by molar-refractivity contribution is 0.0950. The van der Waals surface area contributed by atoms with Crippen molar-refractivity contribution in [2.45, 2.75) is 12.3 Å². The van der Waals surface area contributed by atoms with Crippen molar-refractivity contribution in [3.63, 3.8) is 0 Å². The third-order valence-corrected chi connectivity index (χ3v) is 3.91. The van der Waals surface area contributed by atoms with Gasteiger partial charge in [-0.25, -0.2) is 17.2 Å². The highest BCUT2D eigenvalue weighted by molar-refractivity contribution is 7.89. The second-order valence-corrected chi connectivity index (χ2v) is 7.34. The number of carbonyl (C=O) groups excluding carboxylic acids is 1. The molecule has 0 aromatic heterocycles. The van der Waals surface area contributed by atoms with Crippen LogP contribution in [0.25, 0.3) is 0 Å². The lowest BCUT2D eigenvalue weighted by atomic mass is 10.1. The Morgan fingerprint density at radius 1 is 1.04 bits per heavy atom. The number of amides is 1. The summed E-state index contributed by atoms with van der Waals surface area (Å²) in [5.41, 5.74) is 1.34. The highest BCUT2D eigenvalue weighted by atomic mass is 32.2. The van der Waals surface area contributed by atoms with E-state index in [0.29, 0.717) is 11.1 Å². The quantitative estimate of drug-likeness (QED) is 0.910. The Labute approximate surface area is 133 Å². The lowest BCUT2D eigenvalue weighted by Crippen LogP contribution is -2.23. The van der Waals surface area contributed by atoms with Gasteiger partial charge in [-0.05, 0) is 29.3 Å². The van der Waals surface area contributed by atoms with Crippen molar-refractivity contribution in [2.24, 2.45) is 0 Å². The van der Waals surface area contributed by atoms with E-state index in [9.17, 15) is 22.0 Å². The van der Waals surface area contributed by atoms with E-state index >= 15 is 0 Å². The van der Waals surface area contributed by atoms with E-state index in [4.69, 9.17) is 0 Å². The number of benzene rings is 2. The predicted octanol–water partition coefficient (Wildman–Crippen LogP) is 2.44. The summed E-state index contributed by atoms with van der Waals surface area (Å²) in [7, 11) is -3.14. The Morgan fingerprint density at radius 3 is 2.39 bits per heavy atom. The Hall–Kier alpha value is -2.28. The fourth-order valence-corrected chi connectivity index (χ4v) is 2.84. The Kier molecular flexibility index (Phi) is 5.10. The summed E-state index contributed by atoms with van der Waals surface area (Å²) >= 11 is 0. The average molecular weight is 339 g/mol. The van der Waals surface area contributed by atoms with Gasteiger partial charge in [0, 0.05) is 18.4 Å². The Balaban J connectivity index is 2.04. The SMILES string of the molecule is CS(=O)(=O)Cc1cccc(CNC(=O)c2ccc(F)c(F)c2)c1. The summed E-state index contributed by atoms with van der Waals surface area (Å²) in [5, 5.41) is 2.57. The van der Waals surface area contributed by atoms with E-state index in [1.807, 2.05) is 0 Å². The summed E-state index contributed by atoms with van der Waals surface area (Å²) in [5.74, 6) is -2.74. The summed E-state index contributed by atoms with van der Waals surface area (Å²) in [6, 6.07) is 9.68. The molecule has 2 aromatic carbocycles. The standard InChI is InChI=1S/C16H15F2NO3S/c1-23(21,22)10-12-4-2-3-11(7-12)9-19-16(20)13-5-6-14(17)15(18)8-13/h2-8H,9-10H2,1H3,(H,19,20). The minimum Gasteiger partial charge on any atom is -0.348 e. The van der Waals surface area contributed by atoms with E-state index in [1.54, 1.807) is 24.3 Å². The third-order valence-electron chi connectivity index (χ3n) is 3.06.